The average Bonchev–Trinajstić information content (AvgIpc) is 1.82. The van der Waals surface area contributed by atoms with Gasteiger partial charge in [-0.1, -0.05) is 0 Å². The first kappa shape index (κ1) is 12.0. The molecule has 0 unspecified atom stereocenters. The molecule has 0 aliphatic carbocycles. The zero-order chi connectivity index (χ0) is 10.7. The molecule has 8 heteroatoms. The SMILES string of the molecule is CC(C)(C=S(=O)=O)S(=O)(=O)C=[N+]=[N-]. The molecular formula is C5H8N2O4S2. The highest BCUT2D eigenvalue weighted by atomic mass is 32.2. The van der Waals surface area contributed by atoms with Crippen molar-refractivity contribution >= 4 is 31.0 Å². The molecule has 0 aromatic carbocycles. The lowest BCUT2D eigenvalue weighted by Crippen LogP contribution is -2.34. The molecule has 0 bridgehead atoms. The van der Waals surface area contributed by atoms with Crippen LogP contribution in [0.1, 0.15) is 13.8 Å². The van der Waals surface area contributed by atoms with E-state index in [1.807, 2.05) is 0 Å². The third-order valence-electron chi connectivity index (χ3n) is 1.30. The lowest BCUT2D eigenvalue weighted by atomic mass is 10.3. The number of hydrogen-bond acceptors (Lipinski definition) is 4. The van der Waals surface area contributed by atoms with E-state index < -0.39 is 24.9 Å². The summed E-state index contributed by atoms with van der Waals surface area (Å²) in [6, 6.07) is 0. The van der Waals surface area contributed by atoms with Crippen LogP contribution in [0.25, 0.3) is 5.53 Å². The molecule has 0 amide bonds. The van der Waals surface area contributed by atoms with Gasteiger partial charge in [0.2, 0.25) is 10.3 Å². The molecule has 13 heavy (non-hydrogen) atoms. The van der Waals surface area contributed by atoms with Gasteiger partial charge >= 0.3 is 5.55 Å². The average molecular weight is 224 g/mol. The Morgan fingerprint density at radius 2 is 1.85 bits per heavy atom. The predicted octanol–water partition coefficient (Wildman–Crippen LogP) is -0.881. The first-order valence-electron chi connectivity index (χ1n) is 3.09. The first-order chi connectivity index (χ1) is 5.73. The molecule has 0 aromatic heterocycles. The van der Waals surface area contributed by atoms with E-state index in [1.54, 1.807) is 0 Å². The maximum Gasteiger partial charge on any atom is 0.371 e. The Morgan fingerprint density at radius 3 is 2.15 bits per heavy atom. The summed E-state index contributed by atoms with van der Waals surface area (Å²) >= 11 is 0. The Labute approximate surface area is 77.3 Å². The van der Waals surface area contributed by atoms with Gasteiger partial charge in [-0.05, 0) is 13.8 Å². The number of nitrogens with zero attached hydrogens (tertiary/aromatic N) is 2. The smallest absolute Gasteiger partial charge is 0.361 e. The highest BCUT2D eigenvalue weighted by Gasteiger charge is 2.35. The molecule has 6 nitrogen and oxygen atoms in total. The van der Waals surface area contributed by atoms with Gasteiger partial charge in [-0.25, -0.2) is 8.42 Å². The normalized spacial score (nSPS) is 11.5. The topological polar surface area (TPSA) is 105 Å². The van der Waals surface area contributed by atoms with Gasteiger partial charge in [-0.2, -0.15) is 13.2 Å². The largest absolute Gasteiger partial charge is 0.371 e. The molecule has 0 saturated carbocycles. The van der Waals surface area contributed by atoms with Crippen LogP contribution in [0.5, 0.6) is 0 Å². The monoisotopic (exact) mass is 224 g/mol. The van der Waals surface area contributed by atoms with Crippen molar-refractivity contribution in [3.63, 3.8) is 0 Å². The third kappa shape index (κ3) is 3.10. The van der Waals surface area contributed by atoms with E-state index in [0.717, 1.165) is 0 Å². The second-order valence-electron chi connectivity index (χ2n) is 2.75. The molecular weight excluding hydrogens is 216 g/mol. The summed E-state index contributed by atoms with van der Waals surface area (Å²) in [4.78, 5) is 2.35. The molecule has 0 aliphatic heterocycles. The second kappa shape index (κ2) is 3.82. The van der Waals surface area contributed by atoms with Crippen molar-refractivity contribution < 1.29 is 21.6 Å². The van der Waals surface area contributed by atoms with Crippen molar-refractivity contribution in [2.75, 3.05) is 0 Å². The van der Waals surface area contributed by atoms with Crippen LogP contribution in [0.15, 0.2) is 0 Å². The minimum atomic E-state index is -3.90. The molecule has 0 spiro atoms. The summed E-state index contributed by atoms with van der Waals surface area (Å²) in [5.74, 6) is 0. The summed E-state index contributed by atoms with van der Waals surface area (Å²) in [6.45, 7) is 2.36. The minimum absolute atomic E-state index is 0.302. The molecule has 0 atom stereocenters. The Kier molecular flexibility index (Phi) is 3.53. The maximum absolute atomic E-state index is 11.2. The van der Waals surface area contributed by atoms with Crippen LogP contribution in [0.4, 0.5) is 0 Å². The summed E-state index contributed by atoms with van der Waals surface area (Å²) in [5, 5.41) is 0.615. The van der Waals surface area contributed by atoms with Gasteiger partial charge in [-0.15, -0.1) is 0 Å². The molecule has 0 heterocycles. The van der Waals surface area contributed by atoms with Crippen molar-refractivity contribution in [3.8, 4) is 0 Å². The van der Waals surface area contributed by atoms with E-state index in [0.29, 0.717) is 10.9 Å². The highest BCUT2D eigenvalue weighted by molar-refractivity contribution is 8.06. The van der Waals surface area contributed by atoms with Crippen LogP contribution < -0.4 is 0 Å². The molecule has 0 rings (SSSR count). The number of rotatable bonds is 3. The zero-order valence-corrected chi connectivity index (χ0v) is 8.63. The molecule has 0 fully saturated rings. The lowest BCUT2D eigenvalue weighted by Gasteiger charge is -2.11. The Morgan fingerprint density at radius 1 is 1.38 bits per heavy atom. The van der Waals surface area contributed by atoms with E-state index in [9.17, 15) is 16.8 Å². The van der Waals surface area contributed by atoms with Gasteiger partial charge in [-0.3, -0.25) is 0 Å². The van der Waals surface area contributed by atoms with Crippen molar-refractivity contribution in [1.82, 2.24) is 0 Å². The Hall–Kier alpha value is -0.980. The zero-order valence-electron chi connectivity index (χ0n) is 7.00. The summed E-state index contributed by atoms with van der Waals surface area (Å²) in [7, 11) is -6.48. The highest BCUT2D eigenvalue weighted by Crippen LogP contribution is 2.11. The quantitative estimate of drug-likeness (QED) is 0.204. The summed E-state index contributed by atoms with van der Waals surface area (Å²) < 4.78 is 41.2. The third-order valence-corrected chi connectivity index (χ3v) is 4.19. The second-order valence-corrected chi connectivity index (χ2v) is 5.86. The van der Waals surface area contributed by atoms with Gasteiger partial charge in [0.15, 0.2) is 0 Å². The van der Waals surface area contributed by atoms with Crippen LogP contribution in [-0.2, 0) is 20.1 Å². The fourth-order valence-electron chi connectivity index (χ4n) is 0.497. The lowest BCUT2D eigenvalue weighted by molar-refractivity contribution is 0.00746. The number of sulfone groups is 1. The molecule has 0 radical (unpaired) electrons. The standard InChI is InChI=1S/C5H8N2O4S2/c1-5(2,3-12(8)9)13(10,11)4-7-6/h3-4H,1-2H3. The molecule has 0 aliphatic rings. The van der Waals surface area contributed by atoms with Crippen molar-refractivity contribution in [2.45, 2.75) is 18.6 Å². The van der Waals surface area contributed by atoms with Crippen molar-refractivity contribution in [1.29, 1.82) is 0 Å². The van der Waals surface area contributed by atoms with E-state index in [-0.39, 0.29) is 0 Å². The van der Waals surface area contributed by atoms with E-state index >= 15 is 0 Å². The molecule has 0 aromatic rings. The Balaban J connectivity index is 5.56. The van der Waals surface area contributed by atoms with Crippen molar-refractivity contribution in [3.05, 3.63) is 5.53 Å². The number of hydrogen-bond donors (Lipinski definition) is 0. The first-order valence-corrected chi connectivity index (χ1v) is 5.77. The fraction of sp³-hybridized carbons (Fsp3) is 0.600. The van der Waals surface area contributed by atoms with Gasteiger partial charge in [0.1, 0.15) is 4.75 Å². The van der Waals surface area contributed by atoms with E-state index in [1.165, 1.54) is 13.8 Å². The van der Waals surface area contributed by atoms with E-state index in [4.69, 9.17) is 5.53 Å². The van der Waals surface area contributed by atoms with Crippen LogP contribution in [-0.4, -0.2) is 37.3 Å². The molecule has 0 saturated heterocycles. The fourth-order valence-corrected chi connectivity index (χ4v) is 2.13. The predicted molar refractivity (Wildman–Crippen MR) is 47.7 cm³/mol. The summed E-state index contributed by atoms with van der Waals surface area (Å²) in [5.41, 5.74) is 8.32. The van der Waals surface area contributed by atoms with Gasteiger partial charge in [0.25, 0.3) is 9.84 Å². The minimum Gasteiger partial charge on any atom is -0.361 e. The van der Waals surface area contributed by atoms with Crippen LogP contribution >= 0.6 is 0 Å². The van der Waals surface area contributed by atoms with Crippen molar-refractivity contribution in [2.24, 2.45) is 0 Å². The molecule has 74 valence electrons. The van der Waals surface area contributed by atoms with Crippen LogP contribution in [0.2, 0.25) is 0 Å². The maximum atomic E-state index is 11.2. The van der Waals surface area contributed by atoms with E-state index in [2.05, 4.69) is 4.79 Å². The van der Waals surface area contributed by atoms with Crippen LogP contribution in [0.3, 0.4) is 0 Å². The van der Waals surface area contributed by atoms with Crippen LogP contribution in [0, 0.1) is 0 Å². The molecule has 0 N–H and O–H groups in total. The van der Waals surface area contributed by atoms with Gasteiger partial charge < -0.3 is 5.53 Å². The van der Waals surface area contributed by atoms with Gasteiger partial charge in [0, 0.05) is 0 Å². The summed E-state index contributed by atoms with van der Waals surface area (Å²) in [6.07, 6.45) is 0. The Bertz CT molecular complexity index is 457. The van der Waals surface area contributed by atoms with Gasteiger partial charge in [0.05, 0.1) is 5.37 Å².